The molecule has 23 heavy (non-hydrogen) atoms. The number of hydrogen-bond acceptors (Lipinski definition) is 0. The maximum atomic E-state index is 3.78. The molecule has 1 heteroatoms. The third-order valence-electron chi connectivity index (χ3n) is 3.77. The molecule has 1 heterocycles. The van der Waals surface area contributed by atoms with Crippen LogP contribution in [0.25, 0.3) is 18.2 Å². The Morgan fingerprint density at radius 2 is 1.30 bits per heavy atom. The highest BCUT2D eigenvalue weighted by atomic mass is 14.9. The predicted octanol–water partition coefficient (Wildman–Crippen LogP) is 4.84. The summed E-state index contributed by atoms with van der Waals surface area (Å²) in [7, 11) is 0. The SMILES string of the molecule is C=Cc1ccc(C[n+]2ccc(C=Cc3ccccc3)cc2)cc1. The third-order valence-corrected chi connectivity index (χ3v) is 3.77. The maximum Gasteiger partial charge on any atom is 0.173 e. The van der Waals surface area contributed by atoms with E-state index in [1.165, 1.54) is 16.7 Å². The van der Waals surface area contributed by atoms with E-state index in [2.05, 4.69) is 96.4 Å². The molecule has 0 radical (unpaired) electrons. The average Bonchev–Trinajstić information content (AvgIpc) is 2.63. The molecule has 3 rings (SSSR count). The lowest BCUT2D eigenvalue weighted by molar-refractivity contribution is -0.688. The highest BCUT2D eigenvalue weighted by molar-refractivity contribution is 5.69. The van der Waals surface area contributed by atoms with E-state index in [1.54, 1.807) is 0 Å². The minimum absolute atomic E-state index is 0.875. The zero-order valence-electron chi connectivity index (χ0n) is 13.1. The minimum Gasteiger partial charge on any atom is -0.201 e. The number of pyridine rings is 1. The fraction of sp³-hybridized carbons (Fsp3) is 0.0455. The van der Waals surface area contributed by atoms with Crippen LogP contribution in [0, 0.1) is 0 Å². The smallest absolute Gasteiger partial charge is 0.173 e. The molecule has 0 bridgehead atoms. The van der Waals surface area contributed by atoms with Gasteiger partial charge in [-0.1, -0.05) is 79.4 Å². The van der Waals surface area contributed by atoms with Crippen LogP contribution in [0.5, 0.6) is 0 Å². The van der Waals surface area contributed by atoms with Crippen LogP contribution in [-0.4, -0.2) is 0 Å². The normalized spacial score (nSPS) is 10.8. The van der Waals surface area contributed by atoms with Crippen LogP contribution in [0.1, 0.15) is 22.3 Å². The summed E-state index contributed by atoms with van der Waals surface area (Å²) in [4.78, 5) is 0. The number of aromatic nitrogens is 1. The van der Waals surface area contributed by atoms with Crippen molar-refractivity contribution >= 4 is 18.2 Å². The molecule has 0 fully saturated rings. The minimum atomic E-state index is 0.875. The Labute approximate surface area is 137 Å². The summed E-state index contributed by atoms with van der Waals surface area (Å²) in [6.07, 6.45) is 10.4. The molecule has 0 spiro atoms. The van der Waals surface area contributed by atoms with Gasteiger partial charge >= 0.3 is 0 Å². The van der Waals surface area contributed by atoms with Crippen LogP contribution >= 0.6 is 0 Å². The number of rotatable bonds is 5. The van der Waals surface area contributed by atoms with E-state index < -0.39 is 0 Å². The van der Waals surface area contributed by atoms with E-state index in [9.17, 15) is 0 Å². The summed E-state index contributed by atoms with van der Waals surface area (Å²) in [6.45, 7) is 4.66. The van der Waals surface area contributed by atoms with Gasteiger partial charge in [0.25, 0.3) is 0 Å². The Hall–Kier alpha value is -2.93. The molecule has 0 N–H and O–H groups in total. The predicted molar refractivity (Wildman–Crippen MR) is 97.6 cm³/mol. The van der Waals surface area contributed by atoms with Gasteiger partial charge in [0.1, 0.15) is 0 Å². The molecule has 0 saturated carbocycles. The first kappa shape index (κ1) is 15.0. The molecule has 112 valence electrons. The molecular formula is C22H20N+. The molecule has 0 saturated heterocycles. The quantitative estimate of drug-likeness (QED) is 0.594. The van der Waals surface area contributed by atoms with Crippen molar-refractivity contribution in [1.82, 2.24) is 0 Å². The first-order valence-corrected chi connectivity index (χ1v) is 7.77. The lowest BCUT2D eigenvalue weighted by Gasteiger charge is -2.00. The first-order valence-electron chi connectivity index (χ1n) is 7.77. The Morgan fingerprint density at radius 3 is 1.91 bits per heavy atom. The summed E-state index contributed by atoms with van der Waals surface area (Å²) in [5.74, 6) is 0. The second-order valence-corrected chi connectivity index (χ2v) is 5.49. The van der Waals surface area contributed by atoms with Gasteiger partial charge in [-0.25, -0.2) is 4.57 Å². The monoisotopic (exact) mass is 298 g/mol. The Bertz CT molecular complexity index is 782. The van der Waals surface area contributed by atoms with E-state index in [-0.39, 0.29) is 0 Å². The second-order valence-electron chi connectivity index (χ2n) is 5.49. The van der Waals surface area contributed by atoms with Crippen molar-refractivity contribution < 1.29 is 4.57 Å². The Balaban J connectivity index is 1.66. The van der Waals surface area contributed by atoms with Crippen molar-refractivity contribution in [3.05, 3.63) is 108 Å². The topological polar surface area (TPSA) is 3.88 Å². The van der Waals surface area contributed by atoms with E-state index in [0.29, 0.717) is 0 Å². The summed E-state index contributed by atoms with van der Waals surface area (Å²) in [5.41, 5.74) is 4.85. The van der Waals surface area contributed by atoms with Crippen molar-refractivity contribution in [2.24, 2.45) is 0 Å². The summed E-state index contributed by atoms with van der Waals surface area (Å²) in [6, 6.07) is 23.1. The van der Waals surface area contributed by atoms with E-state index in [1.807, 2.05) is 12.1 Å². The molecule has 1 nitrogen and oxygen atoms in total. The van der Waals surface area contributed by atoms with Crippen molar-refractivity contribution in [2.45, 2.75) is 6.54 Å². The van der Waals surface area contributed by atoms with Crippen LogP contribution in [0.3, 0.4) is 0 Å². The fourth-order valence-electron chi connectivity index (χ4n) is 2.41. The number of hydrogen-bond donors (Lipinski definition) is 0. The number of benzene rings is 2. The zero-order chi connectivity index (χ0) is 15.9. The maximum absolute atomic E-state index is 3.78. The molecule has 0 aliphatic carbocycles. The molecular weight excluding hydrogens is 278 g/mol. The van der Waals surface area contributed by atoms with E-state index in [4.69, 9.17) is 0 Å². The van der Waals surface area contributed by atoms with Gasteiger partial charge in [0, 0.05) is 17.7 Å². The van der Waals surface area contributed by atoms with E-state index in [0.717, 1.165) is 12.1 Å². The molecule has 1 aromatic heterocycles. The van der Waals surface area contributed by atoms with Crippen LogP contribution < -0.4 is 4.57 Å². The fourth-order valence-corrected chi connectivity index (χ4v) is 2.41. The molecule has 0 aliphatic heterocycles. The second kappa shape index (κ2) is 7.37. The van der Waals surface area contributed by atoms with Gasteiger partial charge in [-0.2, -0.15) is 0 Å². The molecule has 0 amide bonds. The lowest BCUT2D eigenvalue weighted by Crippen LogP contribution is -2.33. The van der Waals surface area contributed by atoms with Crippen molar-refractivity contribution in [3.8, 4) is 0 Å². The van der Waals surface area contributed by atoms with Gasteiger partial charge in [-0.05, 0) is 16.7 Å². The highest BCUT2D eigenvalue weighted by Gasteiger charge is 2.02. The molecule has 0 unspecified atom stereocenters. The van der Waals surface area contributed by atoms with E-state index >= 15 is 0 Å². The third kappa shape index (κ3) is 4.27. The number of nitrogens with zero attached hydrogens (tertiary/aromatic N) is 1. The average molecular weight is 298 g/mol. The summed E-state index contributed by atoms with van der Waals surface area (Å²) >= 11 is 0. The van der Waals surface area contributed by atoms with Gasteiger partial charge in [0.2, 0.25) is 0 Å². The van der Waals surface area contributed by atoms with Crippen molar-refractivity contribution in [3.63, 3.8) is 0 Å². The molecule has 3 aromatic rings. The zero-order valence-corrected chi connectivity index (χ0v) is 13.1. The first-order chi connectivity index (χ1) is 11.3. The molecule has 0 aliphatic rings. The van der Waals surface area contributed by atoms with Gasteiger partial charge in [0.15, 0.2) is 18.9 Å². The van der Waals surface area contributed by atoms with Crippen LogP contribution in [0.15, 0.2) is 85.7 Å². The Kier molecular flexibility index (Phi) is 4.80. The standard InChI is InChI=1S/C22H20N/c1-2-19-8-12-22(13-9-19)18-23-16-14-21(15-17-23)11-10-20-6-4-3-5-7-20/h2-17H,1,18H2/q+1. The van der Waals surface area contributed by atoms with Crippen LogP contribution in [0.2, 0.25) is 0 Å². The highest BCUT2D eigenvalue weighted by Crippen LogP contribution is 2.07. The Morgan fingerprint density at radius 1 is 0.696 bits per heavy atom. The van der Waals surface area contributed by atoms with Crippen LogP contribution in [-0.2, 0) is 6.54 Å². The van der Waals surface area contributed by atoms with Gasteiger partial charge in [-0.15, -0.1) is 0 Å². The summed E-state index contributed by atoms with van der Waals surface area (Å²) < 4.78 is 2.18. The van der Waals surface area contributed by atoms with Gasteiger partial charge < -0.3 is 0 Å². The van der Waals surface area contributed by atoms with Crippen molar-refractivity contribution in [1.29, 1.82) is 0 Å². The van der Waals surface area contributed by atoms with Crippen molar-refractivity contribution in [2.75, 3.05) is 0 Å². The molecule has 2 aromatic carbocycles. The largest absolute Gasteiger partial charge is 0.201 e. The van der Waals surface area contributed by atoms with Gasteiger partial charge in [0.05, 0.1) is 0 Å². The summed E-state index contributed by atoms with van der Waals surface area (Å²) in [5, 5.41) is 0. The van der Waals surface area contributed by atoms with Gasteiger partial charge in [-0.3, -0.25) is 0 Å². The van der Waals surface area contributed by atoms with Crippen LogP contribution in [0.4, 0.5) is 0 Å². The lowest BCUT2D eigenvalue weighted by atomic mass is 10.1. The molecule has 0 atom stereocenters.